The molecule has 0 aromatic carbocycles. The van der Waals surface area contributed by atoms with E-state index in [0.717, 1.165) is 44.6 Å². The van der Waals surface area contributed by atoms with Crippen molar-refractivity contribution in [3.05, 3.63) is 18.2 Å². The van der Waals surface area contributed by atoms with Crippen molar-refractivity contribution < 1.29 is 14.7 Å². The van der Waals surface area contributed by atoms with Crippen LogP contribution in [0.1, 0.15) is 44.9 Å². The standard InChI is InChI=1S/C19H30N4O3/c1-2-16-20-8-11-21(16)10-5-18(26)22-9-3-6-19(14-22)7-4-17(25)23(15-19)12-13-24/h8,11,24H,2-7,9-10,12-15H2,1H3. The van der Waals surface area contributed by atoms with Gasteiger partial charge in [0.05, 0.1) is 6.61 Å². The molecule has 1 N–H and O–H groups in total. The molecule has 0 radical (unpaired) electrons. The Kier molecular flexibility index (Phi) is 5.96. The van der Waals surface area contributed by atoms with Crippen LogP contribution in [0.4, 0.5) is 0 Å². The Balaban J connectivity index is 1.59. The third-order valence-corrected chi connectivity index (χ3v) is 5.82. The molecule has 7 nitrogen and oxygen atoms in total. The fraction of sp³-hybridized carbons (Fsp3) is 0.737. The third-order valence-electron chi connectivity index (χ3n) is 5.82. The van der Waals surface area contributed by atoms with Crippen LogP contribution < -0.4 is 0 Å². The SMILES string of the molecule is CCc1nccn1CCC(=O)N1CCCC2(CCC(=O)N(CCO)C2)C1. The predicted octanol–water partition coefficient (Wildman–Crippen LogP) is 1.06. The number of aliphatic hydroxyl groups is 1. The monoisotopic (exact) mass is 362 g/mol. The van der Waals surface area contributed by atoms with Gasteiger partial charge in [-0.05, 0) is 19.3 Å². The molecule has 2 amide bonds. The maximum absolute atomic E-state index is 12.8. The maximum atomic E-state index is 12.8. The number of nitrogens with zero attached hydrogens (tertiary/aromatic N) is 4. The van der Waals surface area contributed by atoms with Crippen molar-refractivity contribution in [2.75, 3.05) is 32.8 Å². The predicted molar refractivity (Wildman–Crippen MR) is 97.4 cm³/mol. The Morgan fingerprint density at radius 3 is 2.92 bits per heavy atom. The number of hydrogen-bond acceptors (Lipinski definition) is 4. The second-order valence-electron chi connectivity index (χ2n) is 7.60. The molecule has 2 aliphatic heterocycles. The van der Waals surface area contributed by atoms with E-state index in [4.69, 9.17) is 0 Å². The van der Waals surface area contributed by atoms with Gasteiger partial charge < -0.3 is 19.5 Å². The van der Waals surface area contributed by atoms with E-state index < -0.39 is 0 Å². The van der Waals surface area contributed by atoms with Crippen LogP contribution >= 0.6 is 0 Å². The molecular weight excluding hydrogens is 332 g/mol. The average molecular weight is 362 g/mol. The van der Waals surface area contributed by atoms with Crippen LogP contribution in [0, 0.1) is 5.41 Å². The first-order valence-corrected chi connectivity index (χ1v) is 9.73. The Morgan fingerprint density at radius 1 is 1.31 bits per heavy atom. The minimum atomic E-state index is -0.00483. The zero-order chi connectivity index (χ0) is 18.6. The van der Waals surface area contributed by atoms with Gasteiger partial charge in [-0.25, -0.2) is 4.98 Å². The Bertz CT molecular complexity index is 644. The lowest BCUT2D eigenvalue weighted by Crippen LogP contribution is -2.55. The highest BCUT2D eigenvalue weighted by Crippen LogP contribution is 2.38. The molecule has 1 aromatic heterocycles. The average Bonchev–Trinajstić information content (AvgIpc) is 3.11. The molecule has 2 aliphatic rings. The van der Waals surface area contributed by atoms with E-state index >= 15 is 0 Å². The summed E-state index contributed by atoms with van der Waals surface area (Å²) in [5, 5.41) is 9.20. The number of aryl methyl sites for hydroxylation is 2. The molecule has 7 heteroatoms. The van der Waals surface area contributed by atoms with E-state index in [-0.39, 0.29) is 23.8 Å². The summed E-state index contributed by atoms with van der Waals surface area (Å²) in [5.41, 5.74) is 0.000570. The lowest BCUT2D eigenvalue weighted by molar-refractivity contribution is -0.143. The van der Waals surface area contributed by atoms with Gasteiger partial charge in [0.2, 0.25) is 11.8 Å². The van der Waals surface area contributed by atoms with E-state index in [1.807, 2.05) is 11.1 Å². The van der Waals surface area contributed by atoms with Crippen LogP contribution in [-0.2, 0) is 22.6 Å². The van der Waals surface area contributed by atoms with Gasteiger partial charge in [0.25, 0.3) is 0 Å². The summed E-state index contributed by atoms with van der Waals surface area (Å²) in [7, 11) is 0. The maximum Gasteiger partial charge on any atom is 0.224 e. The fourth-order valence-electron chi connectivity index (χ4n) is 4.41. The second-order valence-corrected chi connectivity index (χ2v) is 7.60. The fourth-order valence-corrected chi connectivity index (χ4v) is 4.41. The van der Waals surface area contributed by atoms with Gasteiger partial charge >= 0.3 is 0 Å². The quantitative estimate of drug-likeness (QED) is 0.821. The van der Waals surface area contributed by atoms with Crippen LogP contribution in [0.25, 0.3) is 0 Å². The first kappa shape index (κ1) is 18.9. The number of carbonyl (C=O) groups excluding carboxylic acids is 2. The molecule has 1 unspecified atom stereocenters. The summed E-state index contributed by atoms with van der Waals surface area (Å²) in [4.78, 5) is 32.9. The number of aliphatic hydroxyl groups excluding tert-OH is 1. The summed E-state index contributed by atoms with van der Waals surface area (Å²) in [6, 6.07) is 0. The molecule has 1 aromatic rings. The van der Waals surface area contributed by atoms with Gasteiger partial charge in [-0.1, -0.05) is 6.92 Å². The second kappa shape index (κ2) is 8.20. The summed E-state index contributed by atoms with van der Waals surface area (Å²) < 4.78 is 2.06. The summed E-state index contributed by atoms with van der Waals surface area (Å²) in [6.07, 6.45) is 8.47. The zero-order valence-corrected chi connectivity index (χ0v) is 15.7. The Labute approximate surface area is 155 Å². The van der Waals surface area contributed by atoms with Crippen molar-refractivity contribution in [3.8, 4) is 0 Å². The van der Waals surface area contributed by atoms with Gasteiger partial charge in [-0.15, -0.1) is 0 Å². The number of carbonyl (C=O) groups is 2. The largest absolute Gasteiger partial charge is 0.395 e. The van der Waals surface area contributed by atoms with E-state index in [2.05, 4.69) is 16.5 Å². The summed E-state index contributed by atoms with van der Waals surface area (Å²) >= 11 is 0. The number of amides is 2. The first-order valence-electron chi connectivity index (χ1n) is 9.73. The van der Waals surface area contributed by atoms with Crippen molar-refractivity contribution in [1.29, 1.82) is 0 Å². The van der Waals surface area contributed by atoms with E-state index in [1.165, 1.54) is 0 Å². The number of imidazole rings is 1. The van der Waals surface area contributed by atoms with Crippen molar-refractivity contribution >= 4 is 11.8 Å². The van der Waals surface area contributed by atoms with Gasteiger partial charge in [-0.2, -0.15) is 0 Å². The van der Waals surface area contributed by atoms with Gasteiger partial charge in [0.15, 0.2) is 0 Å². The number of β-amino-alcohol motifs (C(OH)–C–C–N with tert-alkyl or cyclic N) is 1. The molecular formula is C19H30N4O3. The minimum Gasteiger partial charge on any atom is -0.395 e. The summed E-state index contributed by atoms with van der Waals surface area (Å²) in [6.45, 7) is 5.32. The van der Waals surface area contributed by atoms with Crippen molar-refractivity contribution in [2.45, 2.75) is 52.0 Å². The van der Waals surface area contributed by atoms with Crippen LogP contribution in [-0.4, -0.2) is 69.1 Å². The minimum absolute atomic E-state index is 0.000570. The number of piperidine rings is 2. The van der Waals surface area contributed by atoms with Crippen LogP contribution in [0.3, 0.4) is 0 Å². The van der Waals surface area contributed by atoms with Gasteiger partial charge in [-0.3, -0.25) is 9.59 Å². The molecule has 2 fully saturated rings. The molecule has 3 heterocycles. The highest BCUT2D eigenvalue weighted by Gasteiger charge is 2.42. The van der Waals surface area contributed by atoms with Gasteiger partial charge in [0.1, 0.15) is 5.82 Å². The zero-order valence-electron chi connectivity index (χ0n) is 15.7. The molecule has 0 aliphatic carbocycles. The lowest BCUT2D eigenvalue weighted by atomic mass is 9.73. The van der Waals surface area contributed by atoms with E-state index in [9.17, 15) is 14.7 Å². The number of aromatic nitrogens is 2. The van der Waals surface area contributed by atoms with E-state index in [1.54, 1.807) is 11.1 Å². The first-order chi connectivity index (χ1) is 12.6. The molecule has 0 saturated carbocycles. The summed E-state index contributed by atoms with van der Waals surface area (Å²) in [5.74, 6) is 1.32. The molecule has 1 spiro atoms. The highest BCUT2D eigenvalue weighted by atomic mass is 16.3. The smallest absolute Gasteiger partial charge is 0.224 e. The molecule has 144 valence electrons. The topological polar surface area (TPSA) is 78.7 Å². The molecule has 2 saturated heterocycles. The van der Waals surface area contributed by atoms with Crippen molar-refractivity contribution in [3.63, 3.8) is 0 Å². The molecule has 1 atom stereocenters. The van der Waals surface area contributed by atoms with Crippen molar-refractivity contribution in [2.24, 2.45) is 5.41 Å². The van der Waals surface area contributed by atoms with Crippen LogP contribution in [0.2, 0.25) is 0 Å². The van der Waals surface area contributed by atoms with Crippen LogP contribution in [0.5, 0.6) is 0 Å². The van der Waals surface area contributed by atoms with E-state index in [0.29, 0.717) is 32.5 Å². The molecule has 26 heavy (non-hydrogen) atoms. The molecule has 0 bridgehead atoms. The van der Waals surface area contributed by atoms with Crippen LogP contribution in [0.15, 0.2) is 12.4 Å². The number of hydrogen-bond donors (Lipinski definition) is 1. The highest BCUT2D eigenvalue weighted by molar-refractivity contribution is 5.78. The van der Waals surface area contributed by atoms with Gasteiger partial charge in [0, 0.05) is 69.8 Å². The molecule has 3 rings (SSSR count). The van der Waals surface area contributed by atoms with Crippen molar-refractivity contribution in [1.82, 2.24) is 19.4 Å². The Hall–Kier alpha value is -1.89. The Morgan fingerprint density at radius 2 is 2.15 bits per heavy atom. The normalized spacial score (nSPS) is 23.7. The number of likely N-dealkylation sites (tertiary alicyclic amines) is 2. The number of rotatable bonds is 6. The lowest BCUT2D eigenvalue weighted by Gasteiger charge is -2.48. The third kappa shape index (κ3) is 4.09.